The normalized spacial score (nSPS) is 19.2. The number of aliphatic hydroxyl groups excluding tert-OH is 1. The lowest BCUT2D eigenvalue weighted by atomic mass is 9.79. The van der Waals surface area contributed by atoms with Gasteiger partial charge in [0, 0.05) is 17.9 Å². The first-order valence-corrected chi connectivity index (χ1v) is 7.66. The Bertz CT molecular complexity index is 487. The zero-order valence-electron chi connectivity index (χ0n) is 12.9. The fraction of sp³-hybridized carbons (Fsp3) is 0.500. The summed E-state index contributed by atoms with van der Waals surface area (Å²) >= 11 is 0. The van der Waals surface area contributed by atoms with Gasteiger partial charge in [0.05, 0.1) is 6.10 Å². The molecule has 0 saturated heterocycles. The number of benzene rings is 1. The van der Waals surface area contributed by atoms with E-state index in [9.17, 15) is 9.90 Å². The minimum atomic E-state index is -0.486. The monoisotopic (exact) mass is 287 g/mol. The topological polar surface area (TPSA) is 49.3 Å². The summed E-state index contributed by atoms with van der Waals surface area (Å²) in [5, 5.41) is 13.2. The van der Waals surface area contributed by atoms with E-state index >= 15 is 0 Å². The Labute approximate surface area is 127 Å². The van der Waals surface area contributed by atoms with E-state index in [1.165, 1.54) is 5.56 Å². The SMILES string of the molecule is C[C@@H](O)[C@@](C)(CNC(=O)C1CC=CC1)Cc1ccccc1. The van der Waals surface area contributed by atoms with Crippen molar-refractivity contribution in [2.75, 3.05) is 6.54 Å². The van der Waals surface area contributed by atoms with E-state index in [4.69, 9.17) is 0 Å². The van der Waals surface area contributed by atoms with Crippen LogP contribution >= 0.6 is 0 Å². The number of nitrogens with one attached hydrogen (secondary N) is 1. The van der Waals surface area contributed by atoms with Gasteiger partial charge >= 0.3 is 0 Å². The van der Waals surface area contributed by atoms with Crippen LogP contribution in [0.2, 0.25) is 0 Å². The molecule has 1 aliphatic carbocycles. The highest BCUT2D eigenvalue weighted by atomic mass is 16.3. The molecule has 21 heavy (non-hydrogen) atoms. The Morgan fingerprint density at radius 3 is 2.52 bits per heavy atom. The molecule has 0 spiro atoms. The van der Waals surface area contributed by atoms with E-state index in [2.05, 4.69) is 29.6 Å². The number of rotatable bonds is 6. The molecule has 1 aromatic carbocycles. The molecule has 0 saturated carbocycles. The van der Waals surface area contributed by atoms with Crippen LogP contribution in [-0.4, -0.2) is 23.7 Å². The Hall–Kier alpha value is -1.61. The van der Waals surface area contributed by atoms with Crippen LogP contribution in [0.5, 0.6) is 0 Å². The largest absolute Gasteiger partial charge is 0.393 e. The molecule has 0 aliphatic heterocycles. The summed E-state index contributed by atoms with van der Waals surface area (Å²) in [5.74, 6) is 0.167. The van der Waals surface area contributed by atoms with Gasteiger partial charge in [0.2, 0.25) is 5.91 Å². The van der Waals surface area contributed by atoms with E-state index < -0.39 is 6.10 Å². The summed E-state index contributed by atoms with van der Waals surface area (Å²) in [7, 11) is 0. The molecule has 3 heteroatoms. The lowest BCUT2D eigenvalue weighted by Gasteiger charge is -2.33. The molecule has 1 aromatic rings. The first kappa shape index (κ1) is 15.8. The highest BCUT2D eigenvalue weighted by Crippen LogP contribution is 2.27. The molecule has 1 amide bonds. The number of amides is 1. The molecule has 0 fully saturated rings. The van der Waals surface area contributed by atoms with Crippen LogP contribution in [0, 0.1) is 11.3 Å². The summed E-state index contributed by atoms with van der Waals surface area (Å²) in [6.45, 7) is 4.32. The summed E-state index contributed by atoms with van der Waals surface area (Å²) in [4.78, 5) is 12.1. The second kappa shape index (κ2) is 6.90. The van der Waals surface area contributed by atoms with Gasteiger partial charge in [-0.05, 0) is 31.7 Å². The molecule has 114 valence electrons. The van der Waals surface area contributed by atoms with Crippen molar-refractivity contribution in [2.24, 2.45) is 11.3 Å². The fourth-order valence-electron chi connectivity index (χ4n) is 2.68. The average molecular weight is 287 g/mol. The van der Waals surface area contributed by atoms with Crippen LogP contribution in [0.3, 0.4) is 0 Å². The Balaban J connectivity index is 1.96. The summed E-state index contributed by atoms with van der Waals surface area (Å²) in [6, 6.07) is 10.1. The quantitative estimate of drug-likeness (QED) is 0.790. The second-order valence-electron chi connectivity index (χ2n) is 6.35. The number of carbonyl (C=O) groups excluding carboxylic acids is 1. The molecular formula is C18H25NO2. The van der Waals surface area contributed by atoms with E-state index in [1.54, 1.807) is 6.92 Å². The van der Waals surface area contributed by atoms with Gasteiger partial charge in [0.25, 0.3) is 0 Å². The Morgan fingerprint density at radius 1 is 1.33 bits per heavy atom. The molecule has 3 nitrogen and oxygen atoms in total. The molecular weight excluding hydrogens is 262 g/mol. The summed E-state index contributed by atoms with van der Waals surface area (Å²) in [5.41, 5.74) is 0.820. The predicted octanol–water partition coefficient (Wildman–Crippen LogP) is 2.70. The summed E-state index contributed by atoms with van der Waals surface area (Å²) < 4.78 is 0. The third-order valence-corrected chi connectivity index (χ3v) is 4.50. The maximum atomic E-state index is 12.1. The van der Waals surface area contributed by atoms with E-state index in [-0.39, 0.29) is 17.2 Å². The van der Waals surface area contributed by atoms with Gasteiger partial charge in [-0.15, -0.1) is 0 Å². The van der Waals surface area contributed by atoms with Gasteiger partial charge in [-0.25, -0.2) is 0 Å². The molecule has 1 aliphatic rings. The first-order valence-electron chi connectivity index (χ1n) is 7.66. The second-order valence-corrected chi connectivity index (χ2v) is 6.35. The molecule has 0 aromatic heterocycles. The molecule has 0 radical (unpaired) electrons. The predicted molar refractivity (Wildman–Crippen MR) is 84.8 cm³/mol. The standard InChI is InChI=1S/C18H25NO2/c1-14(20)18(2,12-15-8-4-3-5-9-15)13-19-17(21)16-10-6-7-11-16/h3-9,14,16,20H,10-13H2,1-2H3,(H,19,21)/t14-,18-/m1/s1. The Kier molecular flexibility index (Phi) is 5.18. The molecule has 2 rings (SSSR count). The van der Waals surface area contributed by atoms with Crippen LogP contribution in [0.25, 0.3) is 0 Å². The van der Waals surface area contributed by atoms with Gasteiger partial charge in [-0.2, -0.15) is 0 Å². The third-order valence-electron chi connectivity index (χ3n) is 4.50. The van der Waals surface area contributed by atoms with Crippen molar-refractivity contribution in [1.82, 2.24) is 5.32 Å². The van der Waals surface area contributed by atoms with Crippen molar-refractivity contribution in [3.8, 4) is 0 Å². The zero-order valence-corrected chi connectivity index (χ0v) is 12.9. The molecule has 0 heterocycles. The van der Waals surface area contributed by atoms with Crippen molar-refractivity contribution in [3.63, 3.8) is 0 Å². The number of carbonyl (C=O) groups is 1. The number of hydrogen-bond donors (Lipinski definition) is 2. The van der Waals surface area contributed by atoms with Gasteiger partial charge in [-0.3, -0.25) is 4.79 Å². The molecule has 0 unspecified atom stereocenters. The van der Waals surface area contributed by atoms with Crippen LogP contribution in [0.4, 0.5) is 0 Å². The van der Waals surface area contributed by atoms with Crippen molar-refractivity contribution in [1.29, 1.82) is 0 Å². The smallest absolute Gasteiger partial charge is 0.223 e. The van der Waals surface area contributed by atoms with Crippen molar-refractivity contribution < 1.29 is 9.90 Å². The Morgan fingerprint density at radius 2 is 1.95 bits per heavy atom. The van der Waals surface area contributed by atoms with E-state index in [1.807, 2.05) is 25.1 Å². The van der Waals surface area contributed by atoms with Crippen LogP contribution < -0.4 is 5.32 Å². The fourth-order valence-corrected chi connectivity index (χ4v) is 2.68. The summed E-state index contributed by atoms with van der Waals surface area (Å²) in [6.07, 6.45) is 6.03. The number of allylic oxidation sites excluding steroid dienone is 2. The van der Waals surface area contributed by atoms with Gasteiger partial charge < -0.3 is 10.4 Å². The van der Waals surface area contributed by atoms with Crippen molar-refractivity contribution >= 4 is 5.91 Å². The lowest BCUT2D eigenvalue weighted by Crippen LogP contribution is -2.45. The van der Waals surface area contributed by atoms with Gasteiger partial charge in [-0.1, -0.05) is 49.4 Å². The van der Waals surface area contributed by atoms with E-state index in [0.717, 1.165) is 19.3 Å². The maximum absolute atomic E-state index is 12.1. The van der Waals surface area contributed by atoms with Gasteiger partial charge in [0.15, 0.2) is 0 Å². The molecule has 0 bridgehead atoms. The lowest BCUT2D eigenvalue weighted by molar-refractivity contribution is -0.125. The minimum Gasteiger partial charge on any atom is -0.393 e. The van der Waals surface area contributed by atoms with Crippen LogP contribution in [0.15, 0.2) is 42.5 Å². The number of hydrogen-bond acceptors (Lipinski definition) is 2. The third kappa shape index (κ3) is 4.18. The highest BCUT2D eigenvalue weighted by molar-refractivity contribution is 5.79. The first-order chi connectivity index (χ1) is 10.0. The average Bonchev–Trinajstić information content (AvgIpc) is 3.00. The highest BCUT2D eigenvalue weighted by Gasteiger charge is 2.31. The van der Waals surface area contributed by atoms with Crippen LogP contribution in [0.1, 0.15) is 32.3 Å². The number of aliphatic hydroxyl groups is 1. The van der Waals surface area contributed by atoms with E-state index in [0.29, 0.717) is 6.54 Å². The maximum Gasteiger partial charge on any atom is 0.223 e. The minimum absolute atomic E-state index is 0.0694. The molecule has 2 atom stereocenters. The zero-order chi connectivity index (χ0) is 15.3. The van der Waals surface area contributed by atoms with Crippen molar-refractivity contribution in [3.05, 3.63) is 48.0 Å². The van der Waals surface area contributed by atoms with Crippen LogP contribution in [-0.2, 0) is 11.2 Å². The van der Waals surface area contributed by atoms with Gasteiger partial charge in [0.1, 0.15) is 0 Å². The van der Waals surface area contributed by atoms with Crippen molar-refractivity contribution in [2.45, 2.75) is 39.2 Å². The molecule has 2 N–H and O–H groups in total.